The van der Waals surface area contributed by atoms with Crippen LogP contribution >= 0.6 is 0 Å². The molecule has 2 N–H and O–H groups in total. The molecule has 0 atom stereocenters. The van der Waals surface area contributed by atoms with Gasteiger partial charge in [-0.25, -0.2) is 17.5 Å². The van der Waals surface area contributed by atoms with E-state index in [2.05, 4.69) is 10.0 Å². The molecule has 0 heterocycles. The Morgan fingerprint density at radius 3 is 2.50 bits per heavy atom. The van der Waals surface area contributed by atoms with E-state index >= 15 is 0 Å². The van der Waals surface area contributed by atoms with Gasteiger partial charge in [0.25, 0.3) is 0 Å². The van der Waals surface area contributed by atoms with Gasteiger partial charge in [0, 0.05) is 18.7 Å². The maximum atomic E-state index is 13.5. The minimum atomic E-state index is -3.61. The molecule has 0 saturated heterocycles. The van der Waals surface area contributed by atoms with Gasteiger partial charge in [-0.15, -0.1) is 0 Å². The van der Waals surface area contributed by atoms with Crippen LogP contribution in [0.1, 0.15) is 32.8 Å². The van der Waals surface area contributed by atoms with Gasteiger partial charge in [0.05, 0.1) is 4.90 Å². The first-order chi connectivity index (χ1) is 9.22. The summed E-state index contributed by atoms with van der Waals surface area (Å²) in [6.45, 7) is 6.64. The number of rotatable bonds is 7. The average Bonchev–Trinajstić information content (AvgIpc) is 2.39. The van der Waals surface area contributed by atoms with Gasteiger partial charge in [-0.1, -0.05) is 20.8 Å². The molecule has 0 bridgehead atoms. The Morgan fingerprint density at radius 2 is 1.95 bits per heavy atom. The number of hydrogen-bond donors (Lipinski definition) is 2. The van der Waals surface area contributed by atoms with Gasteiger partial charge < -0.3 is 5.32 Å². The molecule has 0 saturated carbocycles. The van der Waals surface area contributed by atoms with E-state index in [1.54, 1.807) is 7.05 Å². The molecular formula is C14H23FN2O2S. The summed E-state index contributed by atoms with van der Waals surface area (Å²) in [5, 5.41) is 2.81. The number of sulfonamides is 1. The Morgan fingerprint density at radius 1 is 1.30 bits per heavy atom. The second-order valence-corrected chi connectivity index (χ2v) is 7.39. The maximum Gasteiger partial charge on any atom is 0.240 e. The van der Waals surface area contributed by atoms with Gasteiger partial charge in [0.15, 0.2) is 0 Å². The first kappa shape index (κ1) is 17.1. The van der Waals surface area contributed by atoms with Crippen LogP contribution in [0.5, 0.6) is 0 Å². The molecule has 1 aromatic rings. The van der Waals surface area contributed by atoms with E-state index in [0.717, 1.165) is 6.42 Å². The lowest BCUT2D eigenvalue weighted by atomic mass is 9.91. The Kier molecular flexibility index (Phi) is 5.68. The zero-order chi connectivity index (χ0) is 15.4. The Labute approximate surface area is 120 Å². The van der Waals surface area contributed by atoms with Gasteiger partial charge in [-0.2, -0.15) is 0 Å². The molecule has 0 fully saturated rings. The van der Waals surface area contributed by atoms with Crippen LogP contribution in [-0.4, -0.2) is 22.0 Å². The van der Waals surface area contributed by atoms with Crippen molar-refractivity contribution < 1.29 is 12.8 Å². The van der Waals surface area contributed by atoms with Gasteiger partial charge in [0.1, 0.15) is 5.82 Å². The van der Waals surface area contributed by atoms with Crippen LogP contribution in [0.25, 0.3) is 0 Å². The Balaban J connectivity index is 2.95. The van der Waals surface area contributed by atoms with Crippen LogP contribution in [0.2, 0.25) is 0 Å². The smallest absolute Gasteiger partial charge is 0.240 e. The van der Waals surface area contributed by atoms with E-state index in [-0.39, 0.29) is 16.9 Å². The minimum Gasteiger partial charge on any atom is -0.316 e. The van der Waals surface area contributed by atoms with Crippen LogP contribution in [0.4, 0.5) is 4.39 Å². The van der Waals surface area contributed by atoms with Crippen molar-refractivity contribution in [2.24, 2.45) is 5.41 Å². The van der Waals surface area contributed by atoms with E-state index in [1.165, 1.54) is 18.2 Å². The third-order valence-corrected chi connectivity index (χ3v) is 4.79. The summed E-state index contributed by atoms with van der Waals surface area (Å²) in [6.07, 6.45) is 0.865. The summed E-state index contributed by atoms with van der Waals surface area (Å²) in [5.41, 5.74) is 0.228. The molecule has 1 rings (SSSR count). The normalized spacial score (nSPS) is 12.7. The van der Waals surface area contributed by atoms with Crippen molar-refractivity contribution in [1.29, 1.82) is 0 Å². The summed E-state index contributed by atoms with van der Waals surface area (Å²) < 4.78 is 40.5. The summed E-state index contributed by atoms with van der Waals surface area (Å²) in [5.74, 6) is -0.410. The van der Waals surface area contributed by atoms with Crippen LogP contribution in [0, 0.1) is 11.2 Å². The van der Waals surface area contributed by atoms with E-state index in [1.807, 2.05) is 20.8 Å². The largest absolute Gasteiger partial charge is 0.316 e. The predicted octanol–water partition coefficient (Wildman–Crippen LogP) is 2.26. The van der Waals surface area contributed by atoms with Gasteiger partial charge in [-0.3, -0.25) is 0 Å². The van der Waals surface area contributed by atoms with E-state index in [0.29, 0.717) is 12.1 Å². The third-order valence-electron chi connectivity index (χ3n) is 3.39. The molecule has 0 amide bonds. The molecule has 0 aliphatic carbocycles. The monoisotopic (exact) mass is 302 g/mol. The molecule has 0 aliphatic heterocycles. The molecular weight excluding hydrogens is 279 g/mol. The van der Waals surface area contributed by atoms with Gasteiger partial charge >= 0.3 is 0 Å². The van der Waals surface area contributed by atoms with Crippen molar-refractivity contribution in [3.63, 3.8) is 0 Å². The van der Waals surface area contributed by atoms with Crippen molar-refractivity contribution in [3.8, 4) is 0 Å². The molecule has 114 valence electrons. The maximum absolute atomic E-state index is 13.5. The summed E-state index contributed by atoms with van der Waals surface area (Å²) in [4.78, 5) is 0.0936. The SMILES string of the molecule is CCC(C)(C)CNS(=O)(=O)c1ccc(F)c(CNC)c1. The summed E-state index contributed by atoms with van der Waals surface area (Å²) in [7, 11) is -1.92. The fraction of sp³-hybridized carbons (Fsp3) is 0.571. The Bertz CT molecular complexity index is 556. The van der Waals surface area contributed by atoms with E-state index in [9.17, 15) is 12.8 Å². The highest BCUT2D eigenvalue weighted by molar-refractivity contribution is 7.89. The molecule has 0 spiro atoms. The fourth-order valence-electron chi connectivity index (χ4n) is 1.54. The number of benzene rings is 1. The predicted molar refractivity (Wildman–Crippen MR) is 78.4 cm³/mol. The van der Waals surface area contributed by atoms with Gasteiger partial charge in [0.2, 0.25) is 10.0 Å². The molecule has 1 aromatic carbocycles. The van der Waals surface area contributed by atoms with Crippen LogP contribution in [0.3, 0.4) is 0 Å². The van der Waals surface area contributed by atoms with Crippen molar-refractivity contribution in [3.05, 3.63) is 29.6 Å². The number of hydrogen-bond acceptors (Lipinski definition) is 3. The molecule has 0 aliphatic rings. The van der Waals surface area contributed by atoms with Crippen molar-refractivity contribution in [2.75, 3.05) is 13.6 Å². The lowest BCUT2D eigenvalue weighted by molar-refractivity contribution is 0.350. The molecule has 6 heteroatoms. The minimum absolute atomic E-state index is 0.0936. The zero-order valence-corrected chi connectivity index (χ0v) is 13.3. The first-order valence-electron chi connectivity index (χ1n) is 6.64. The van der Waals surface area contributed by atoms with E-state index < -0.39 is 15.8 Å². The standard InChI is InChI=1S/C14H23FN2O2S/c1-5-14(2,3)10-17-20(18,19)12-6-7-13(15)11(8-12)9-16-4/h6-8,16-17H,5,9-10H2,1-4H3. The third kappa shape index (κ3) is 4.54. The summed E-state index contributed by atoms with van der Waals surface area (Å²) >= 11 is 0. The van der Waals surface area contributed by atoms with Crippen LogP contribution in [0.15, 0.2) is 23.1 Å². The van der Waals surface area contributed by atoms with Gasteiger partial charge in [-0.05, 0) is 37.1 Å². The first-order valence-corrected chi connectivity index (χ1v) is 8.13. The molecule has 4 nitrogen and oxygen atoms in total. The molecule has 0 aromatic heterocycles. The quantitative estimate of drug-likeness (QED) is 0.812. The van der Waals surface area contributed by atoms with Crippen LogP contribution in [-0.2, 0) is 16.6 Å². The van der Waals surface area contributed by atoms with Crippen molar-refractivity contribution >= 4 is 10.0 Å². The second-order valence-electron chi connectivity index (χ2n) is 5.63. The highest BCUT2D eigenvalue weighted by atomic mass is 32.2. The molecule has 0 unspecified atom stereocenters. The molecule has 20 heavy (non-hydrogen) atoms. The zero-order valence-electron chi connectivity index (χ0n) is 12.5. The second kappa shape index (κ2) is 6.65. The highest BCUT2D eigenvalue weighted by Crippen LogP contribution is 2.20. The van der Waals surface area contributed by atoms with Crippen LogP contribution < -0.4 is 10.0 Å². The number of halogens is 1. The topological polar surface area (TPSA) is 58.2 Å². The van der Waals surface area contributed by atoms with Crippen molar-refractivity contribution in [2.45, 2.75) is 38.6 Å². The highest BCUT2D eigenvalue weighted by Gasteiger charge is 2.21. The average molecular weight is 302 g/mol. The van der Waals surface area contributed by atoms with Crippen molar-refractivity contribution in [1.82, 2.24) is 10.0 Å². The van der Waals surface area contributed by atoms with E-state index in [4.69, 9.17) is 0 Å². The molecule has 0 radical (unpaired) electrons. The summed E-state index contributed by atoms with van der Waals surface area (Å²) in [6, 6.07) is 3.84. The number of nitrogens with one attached hydrogen (secondary N) is 2. The lowest BCUT2D eigenvalue weighted by Gasteiger charge is -2.22. The fourth-order valence-corrected chi connectivity index (χ4v) is 2.83. The lowest BCUT2D eigenvalue weighted by Crippen LogP contribution is -2.33. The Hall–Kier alpha value is -0.980.